The molecule has 0 aliphatic rings. The predicted molar refractivity (Wildman–Crippen MR) is 78.4 cm³/mol. The Morgan fingerprint density at radius 2 is 1.58 bits per heavy atom. The number of nitrogens with two attached hydrogens (primary N) is 1. The van der Waals surface area contributed by atoms with Crippen molar-refractivity contribution in [3.05, 3.63) is 4.91 Å². The summed E-state index contributed by atoms with van der Waals surface area (Å²) in [6, 6.07) is -0.423. The topological polar surface area (TPSA) is 84.6 Å². The second-order valence-electron chi connectivity index (χ2n) is 5.15. The van der Waals surface area contributed by atoms with E-state index in [9.17, 15) is 9.70 Å². The van der Waals surface area contributed by atoms with Crippen LogP contribution < -0.4 is 11.3 Å². The molecule has 0 radical (unpaired) electrons. The molecule has 0 aromatic carbocycles. The van der Waals surface area contributed by atoms with Gasteiger partial charge in [0, 0.05) is 0 Å². The number of nitrogens with one attached hydrogen (secondary N) is 1. The van der Waals surface area contributed by atoms with E-state index in [1.165, 1.54) is 44.9 Å². The maximum absolute atomic E-state index is 11.0. The summed E-state index contributed by atoms with van der Waals surface area (Å²) in [4.78, 5) is 21.6. The van der Waals surface area contributed by atoms with Gasteiger partial charge in [-0.15, -0.1) is 0 Å². The predicted octanol–water partition coefficient (Wildman–Crippen LogP) is 3.42. The number of unbranched alkanes of at least 4 members (excludes halogenated alkanes) is 8. The van der Waals surface area contributed by atoms with Gasteiger partial charge in [0.15, 0.2) is 0 Å². The summed E-state index contributed by atoms with van der Waals surface area (Å²) in [7, 11) is 0. The van der Waals surface area contributed by atoms with Gasteiger partial charge in [0.05, 0.1) is 6.42 Å². The van der Waals surface area contributed by atoms with Gasteiger partial charge in [0.2, 0.25) is 5.91 Å². The van der Waals surface area contributed by atoms with E-state index >= 15 is 0 Å². The first-order chi connectivity index (χ1) is 9.24. The Labute approximate surface area is 116 Å². The minimum absolute atomic E-state index is 0.108. The highest BCUT2D eigenvalue weighted by Gasteiger charge is 2.12. The lowest BCUT2D eigenvalue weighted by Gasteiger charge is -2.07. The number of nitrogens with zero attached hydrogens (tertiary/aromatic N) is 1. The number of nitroso groups, excluding NO2 is 1. The maximum Gasteiger partial charge on any atom is 0.236 e. The number of hydrogen-bond acceptors (Lipinski definition) is 4. The third-order valence-corrected chi connectivity index (χ3v) is 3.37. The molecular formula is C14H29N3O2. The molecule has 0 saturated heterocycles. The van der Waals surface area contributed by atoms with Gasteiger partial charge in [-0.1, -0.05) is 69.9 Å². The molecule has 1 atom stereocenters. The van der Waals surface area contributed by atoms with Crippen LogP contribution in [0.25, 0.3) is 0 Å². The number of carbonyl (C=O) groups excluding carboxylic acids is 1. The Kier molecular flexibility index (Phi) is 12.8. The van der Waals surface area contributed by atoms with Crippen molar-refractivity contribution in [3.8, 4) is 0 Å². The van der Waals surface area contributed by atoms with Crippen LogP contribution in [0.1, 0.15) is 77.6 Å². The fourth-order valence-electron chi connectivity index (χ4n) is 2.16. The monoisotopic (exact) mass is 271 g/mol. The molecule has 19 heavy (non-hydrogen) atoms. The summed E-state index contributed by atoms with van der Waals surface area (Å²) in [5.41, 5.74) is 2.03. The van der Waals surface area contributed by atoms with Gasteiger partial charge in [0.1, 0.15) is 6.04 Å². The van der Waals surface area contributed by atoms with E-state index in [1.54, 1.807) is 0 Å². The van der Waals surface area contributed by atoms with Crippen LogP contribution >= 0.6 is 0 Å². The highest BCUT2D eigenvalue weighted by atomic mass is 16.3. The Morgan fingerprint density at radius 1 is 1.05 bits per heavy atom. The molecule has 0 aliphatic heterocycles. The summed E-state index contributed by atoms with van der Waals surface area (Å²) < 4.78 is 0. The number of hydrogen-bond donors (Lipinski definition) is 2. The van der Waals surface area contributed by atoms with E-state index in [0.29, 0.717) is 6.42 Å². The van der Waals surface area contributed by atoms with Crippen molar-refractivity contribution in [3.63, 3.8) is 0 Å². The second kappa shape index (κ2) is 13.5. The SMILES string of the molecule is CCCCCCCCCCC[C@H](CC(=O)NN)N=O. The smallest absolute Gasteiger partial charge is 0.236 e. The van der Waals surface area contributed by atoms with Gasteiger partial charge in [0.25, 0.3) is 0 Å². The van der Waals surface area contributed by atoms with E-state index in [1.807, 2.05) is 5.43 Å². The molecule has 5 nitrogen and oxygen atoms in total. The lowest BCUT2D eigenvalue weighted by Crippen LogP contribution is -2.32. The molecule has 1 amide bonds. The maximum atomic E-state index is 11.0. The van der Waals surface area contributed by atoms with Gasteiger partial charge in [-0.2, -0.15) is 4.91 Å². The molecule has 3 N–H and O–H groups in total. The third kappa shape index (κ3) is 11.8. The van der Waals surface area contributed by atoms with Crippen LogP contribution in [0.15, 0.2) is 5.18 Å². The first kappa shape index (κ1) is 18.0. The van der Waals surface area contributed by atoms with Crippen molar-refractivity contribution in [2.45, 2.75) is 83.6 Å². The molecule has 0 bridgehead atoms. The Morgan fingerprint density at radius 3 is 2.05 bits per heavy atom. The molecule has 0 rings (SSSR count). The van der Waals surface area contributed by atoms with Crippen molar-refractivity contribution in [2.24, 2.45) is 11.0 Å². The average Bonchev–Trinajstić information content (AvgIpc) is 2.43. The van der Waals surface area contributed by atoms with Crippen LogP contribution in [-0.2, 0) is 4.79 Å². The molecular weight excluding hydrogens is 242 g/mol. The molecule has 0 aliphatic carbocycles. The minimum Gasteiger partial charge on any atom is -0.294 e. The van der Waals surface area contributed by atoms with E-state index in [-0.39, 0.29) is 12.3 Å². The number of hydrazine groups is 1. The highest BCUT2D eigenvalue weighted by Crippen LogP contribution is 2.13. The zero-order valence-corrected chi connectivity index (χ0v) is 12.2. The zero-order valence-electron chi connectivity index (χ0n) is 12.2. The zero-order chi connectivity index (χ0) is 14.3. The molecule has 0 aromatic rings. The Balaban J connectivity index is 3.36. The van der Waals surface area contributed by atoms with Gasteiger partial charge in [-0.05, 0) is 6.42 Å². The fraction of sp³-hybridized carbons (Fsp3) is 0.929. The molecule has 0 saturated carbocycles. The number of carbonyl (C=O) groups is 1. The molecule has 0 spiro atoms. The van der Waals surface area contributed by atoms with Crippen molar-refractivity contribution >= 4 is 5.91 Å². The average molecular weight is 271 g/mol. The molecule has 112 valence electrons. The first-order valence-corrected chi connectivity index (χ1v) is 7.56. The quantitative estimate of drug-likeness (QED) is 0.177. The summed E-state index contributed by atoms with van der Waals surface area (Å²) >= 11 is 0. The lowest BCUT2D eigenvalue weighted by molar-refractivity contribution is -0.121. The minimum atomic E-state index is -0.423. The summed E-state index contributed by atoms with van der Waals surface area (Å²) in [6.45, 7) is 2.22. The highest BCUT2D eigenvalue weighted by molar-refractivity contribution is 5.75. The van der Waals surface area contributed by atoms with Crippen molar-refractivity contribution < 1.29 is 4.79 Å². The van der Waals surface area contributed by atoms with E-state index < -0.39 is 6.04 Å². The van der Waals surface area contributed by atoms with E-state index in [0.717, 1.165) is 12.8 Å². The first-order valence-electron chi connectivity index (χ1n) is 7.56. The van der Waals surface area contributed by atoms with E-state index in [2.05, 4.69) is 12.1 Å². The normalized spacial score (nSPS) is 12.1. The largest absolute Gasteiger partial charge is 0.294 e. The standard InChI is InChI=1S/C14H29N3O2/c1-2-3-4-5-6-7-8-9-10-11-13(17-19)12-14(18)16-15/h13H,2-12,15H2,1H3,(H,16,18)/t13-/m1/s1. The van der Waals surface area contributed by atoms with E-state index in [4.69, 9.17) is 5.84 Å². The van der Waals surface area contributed by atoms with Crippen LogP contribution in [0.2, 0.25) is 0 Å². The third-order valence-electron chi connectivity index (χ3n) is 3.37. The van der Waals surface area contributed by atoms with Gasteiger partial charge >= 0.3 is 0 Å². The summed E-state index contributed by atoms with van der Waals surface area (Å²) in [6.07, 6.45) is 12.0. The second-order valence-corrected chi connectivity index (χ2v) is 5.15. The Hall–Kier alpha value is -0.970. The number of rotatable bonds is 13. The van der Waals surface area contributed by atoms with Crippen LogP contribution in [0.5, 0.6) is 0 Å². The van der Waals surface area contributed by atoms with Crippen molar-refractivity contribution in [1.29, 1.82) is 0 Å². The Bertz CT molecular complexity index is 235. The number of amides is 1. The molecule has 0 unspecified atom stereocenters. The van der Waals surface area contributed by atoms with Gasteiger partial charge < -0.3 is 0 Å². The van der Waals surface area contributed by atoms with Gasteiger partial charge in [-0.25, -0.2) is 5.84 Å². The van der Waals surface area contributed by atoms with Crippen LogP contribution in [0.3, 0.4) is 0 Å². The summed E-state index contributed by atoms with van der Waals surface area (Å²) in [5, 5.41) is 2.98. The van der Waals surface area contributed by atoms with Crippen LogP contribution in [0.4, 0.5) is 0 Å². The van der Waals surface area contributed by atoms with Gasteiger partial charge in [-0.3, -0.25) is 10.2 Å². The molecule has 0 heterocycles. The van der Waals surface area contributed by atoms with Crippen molar-refractivity contribution in [2.75, 3.05) is 0 Å². The van der Waals surface area contributed by atoms with Crippen LogP contribution in [0, 0.1) is 4.91 Å². The molecule has 0 aromatic heterocycles. The van der Waals surface area contributed by atoms with Crippen molar-refractivity contribution in [1.82, 2.24) is 5.43 Å². The lowest BCUT2D eigenvalue weighted by atomic mass is 10.0. The molecule has 0 fully saturated rings. The molecule has 5 heteroatoms. The fourth-order valence-corrected chi connectivity index (χ4v) is 2.16. The van der Waals surface area contributed by atoms with Crippen LogP contribution in [-0.4, -0.2) is 11.9 Å². The summed E-state index contributed by atoms with van der Waals surface area (Å²) in [5.74, 6) is 4.66.